The predicted octanol–water partition coefficient (Wildman–Crippen LogP) is 5.01. The summed E-state index contributed by atoms with van der Waals surface area (Å²) in [4.78, 5) is 16.0. The maximum atomic E-state index is 13.4. The van der Waals surface area contributed by atoms with Gasteiger partial charge in [0.25, 0.3) is 11.3 Å². The normalized spacial score (nSPS) is 11.9. The maximum absolute atomic E-state index is 13.4. The second-order valence-electron chi connectivity index (χ2n) is 8.73. The summed E-state index contributed by atoms with van der Waals surface area (Å²) in [6.45, 7) is 0.368. The molecule has 0 bridgehead atoms. The number of anilines is 1. The number of hydrogen-bond acceptors (Lipinski definition) is 6. The summed E-state index contributed by atoms with van der Waals surface area (Å²) >= 11 is -1.12. The van der Waals surface area contributed by atoms with E-state index in [-0.39, 0.29) is 29.5 Å². The van der Waals surface area contributed by atoms with E-state index in [0.717, 1.165) is 16.7 Å². The van der Waals surface area contributed by atoms with Gasteiger partial charge in [-0.05, 0) is 40.3 Å². The van der Waals surface area contributed by atoms with Crippen LogP contribution < -0.4 is 4.31 Å². The lowest BCUT2D eigenvalue weighted by atomic mass is 10.0. The van der Waals surface area contributed by atoms with Crippen molar-refractivity contribution in [2.75, 3.05) is 10.6 Å². The van der Waals surface area contributed by atoms with E-state index >= 15 is 0 Å². The molecule has 0 aliphatic rings. The Bertz CT molecular complexity index is 1630. The van der Waals surface area contributed by atoms with Gasteiger partial charge in [-0.3, -0.25) is 9.35 Å². The van der Waals surface area contributed by atoms with Crippen LogP contribution in [0.25, 0.3) is 11.1 Å². The molecule has 1 amide bonds. The van der Waals surface area contributed by atoms with E-state index in [4.69, 9.17) is 0 Å². The Balaban J connectivity index is 1.75. The summed E-state index contributed by atoms with van der Waals surface area (Å²) in [7, 11) is -3.74. The molecule has 1 heterocycles. The first kappa shape index (κ1) is 28.2. The molecule has 0 spiro atoms. The monoisotopic (exact) mass is 579 g/mol. The van der Waals surface area contributed by atoms with E-state index in [9.17, 15) is 27.2 Å². The molecule has 0 fully saturated rings. The van der Waals surface area contributed by atoms with Crippen molar-refractivity contribution in [3.8, 4) is 17.3 Å². The summed E-state index contributed by atoms with van der Waals surface area (Å²) in [6.07, 6.45) is 2.98. The van der Waals surface area contributed by atoms with Crippen molar-refractivity contribution in [1.29, 1.82) is 5.26 Å². The lowest BCUT2D eigenvalue weighted by Gasteiger charge is -2.24. The zero-order valence-electron chi connectivity index (χ0n) is 20.9. The van der Waals surface area contributed by atoms with Crippen LogP contribution in [-0.4, -0.2) is 34.2 Å². The highest BCUT2D eigenvalue weighted by molar-refractivity contribution is 7.90. The maximum Gasteiger partial charge on any atom is 0.275 e. The standard InChI is InChI=1S/C28H25N3O5S3/c1-39(35,36)27-16-22(25-11-5-6-12-26(25)31(20-29)38(33)34)13-14-23(27)19-30(18-21-8-3-2-4-9-21)28(32)17-24-10-7-15-37-24/h2-16H,17-19H2,1H3,(H,33,34). The van der Waals surface area contributed by atoms with E-state index < -0.39 is 21.1 Å². The van der Waals surface area contributed by atoms with Crippen molar-refractivity contribution in [2.45, 2.75) is 24.4 Å². The minimum atomic E-state index is -3.74. The topological polar surface area (TPSA) is 119 Å². The third-order valence-electron chi connectivity index (χ3n) is 5.98. The van der Waals surface area contributed by atoms with Crippen LogP contribution >= 0.6 is 11.3 Å². The number of para-hydroxylation sites is 1. The van der Waals surface area contributed by atoms with Crippen molar-refractivity contribution in [3.05, 3.63) is 106 Å². The Kier molecular flexibility index (Phi) is 8.93. The van der Waals surface area contributed by atoms with E-state index in [0.29, 0.717) is 27.5 Å². The van der Waals surface area contributed by atoms with E-state index in [2.05, 4.69) is 0 Å². The molecule has 1 unspecified atom stereocenters. The zero-order valence-corrected chi connectivity index (χ0v) is 23.4. The lowest BCUT2D eigenvalue weighted by molar-refractivity contribution is -0.131. The smallest absolute Gasteiger partial charge is 0.275 e. The van der Waals surface area contributed by atoms with Crippen molar-refractivity contribution < 1.29 is 22.0 Å². The first-order valence-corrected chi connectivity index (χ1v) is 15.6. The van der Waals surface area contributed by atoms with Gasteiger partial charge in [0.05, 0.1) is 17.0 Å². The van der Waals surface area contributed by atoms with Gasteiger partial charge >= 0.3 is 0 Å². The SMILES string of the molecule is CS(=O)(=O)c1cc(-c2ccccc2N(C#N)S(=O)O)ccc1CN(Cc1ccccc1)C(=O)Cc1cccs1. The number of nitrogens with zero attached hydrogens (tertiary/aromatic N) is 3. The van der Waals surface area contributed by atoms with Gasteiger partial charge in [0.1, 0.15) is 0 Å². The highest BCUT2D eigenvalue weighted by Crippen LogP contribution is 2.34. The molecule has 0 aliphatic carbocycles. The van der Waals surface area contributed by atoms with Gasteiger partial charge in [-0.15, -0.1) is 11.3 Å². The molecule has 1 atom stereocenters. The number of benzene rings is 3. The van der Waals surface area contributed by atoms with Crippen LogP contribution in [0, 0.1) is 11.5 Å². The van der Waals surface area contributed by atoms with Gasteiger partial charge in [-0.1, -0.05) is 66.7 Å². The number of nitriles is 1. The Hall–Kier alpha value is -3.82. The average molecular weight is 580 g/mol. The van der Waals surface area contributed by atoms with Crippen LogP contribution in [0.5, 0.6) is 0 Å². The van der Waals surface area contributed by atoms with Gasteiger partial charge in [0, 0.05) is 29.8 Å². The predicted molar refractivity (Wildman–Crippen MR) is 153 cm³/mol. The second kappa shape index (κ2) is 12.4. The van der Waals surface area contributed by atoms with Gasteiger partial charge in [0.15, 0.2) is 16.0 Å². The number of sulfone groups is 1. The van der Waals surface area contributed by atoms with Gasteiger partial charge in [0.2, 0.25) is 5.91 Å². The molecular formula is C28H25N3O5S3. The van der Waals surface area contributed by atoms with Crippen LogP contribution in [0.2, 0.25) is 0 Å². The molecule has 0 radical (unpaired) electrons. The zero-order chi connectivity index (χ0) is 28.0. The molecule has 11 heteroatoms. The first-order valence-electron chi connectivity index (χ1n) is 11.7. The van der Waals surface area contributed by atoms with Crippen LogP contribution in [0.15, 0.2) is 95.2 Å². The van der Waals surface area contributed by atoms with Crippen LogP contribution in [-0.2, 0) is 45.4 Å². The fraction of sp³-hybridized carbons (Fsp3) is 0.143. The minimum Gasteiger partial charge on any atom is -0.334 e. The van der Waals surface area contributed by atoms with E-state index in [1.165, 1.54) is 23.5 Å². The van der Waals surface area contributed by atoms with E-state index in [1.807, 2.05) is 47.8 Å². The molecule has 4 aromatic rings. The average Bonchev–Trinajstić information content (AvgIpc) is 3.42. The molecule has 1 N–H and O–H groups in total. The molecule has 39 heavy (non-hydrogen) atoms. The Morgan fingerprint density at radius 3 is 2.36 bits per heavy atom. The highest BCUT2D eigenvalue weighted by Gasteiger charge is 2.23. The summed E-state index contributed by atoms with van der Waals surface area (Å²) in [5, 5.41) is 11.3. The Morgan fingerprint density at radius 2 is 1.72 bits per heavy atom. The third kappa shape index (κ3) is 6.99. The molecule has 0 saturated heterocycles. The second-order valence-corrected chi connectivity index (χ2v) is 12.6. The summed E-state index contributed by atoms with van der Waals surface area (Å²) < 4.78 is 47.8. The lowest BCUT2D eigenvalue weighted by Crippen LogP contribution is -2.31. The molecule has 0 saturated carbocycles. The molecule has 4 rings (SSSR count). The molecule has 200 valence electrons. The largest absolute Gasteiger partial charge is 0.334 e. The summed E-state index contributed by atoms with van der Waals surface area (Å²) in [5.74, 6) is -0.134. The fourth-order valence-electron chi connectivity index (χ4n) is 4.18. The number of carbonyl (C=O) groups excluding carboxylic acids is 1. The van der Waals surface area contributed by atoms with Gasteiger partial charge < -0.3 is 4.90 Å². The number of thiophene rings is 1. The fourth-order valence-corrected chi connectivity index (χ4v) is 6.22. The number of carbonyl (C=O) groups is 1. The third-order valence-corrected chi connectivity index (χ3v) is 8.63. The highest BCUT2D eigenvalue weighted by atomic mass is 32.2. The van der Waals surface area contributed by atoms with Crippen molar-refractivity contribution in [2.24, 2.45) is 0 Å². The molecule has 1 aromatic heterocycles. The first-order chi connectivity index (χ1) is 18.7. The molecule has 0 aliphatic heterocycles. The number of hydrogen-bond donors (Lipinski definition) is 1. The van der Waals surface area contributed by atoms with E-state index in [1.54, 1.807) is 41.4 Å². The van der Waals surface area contributed by atoms with Gasteiger partial charge in [-0.2, -0.15) is 9.57 Å². The van der Waals surface area contributed by atoms with Crippen molar-refractivity contribution in [1.82, 2.24) is 4.90 Å². The summed E-state index contributed by atoms with van der Waals surface area (Å²) in [5.41, 5.74) is 2.37. The van der Waals surface area contributed by atoms with Crippen molar-refractivity contribution in [3.63, 3.8) is 0 Å². The van der Waals surface area contributed by atoms with Crippen molar-refractivity contribution >= 4 is 44.0 Å². The number of amides is 1. The molecule has 8 nitrogen and oxygen atoms in total. The summed E-state index contributed by atoms with van der Waals surface area (Å²) in [6, 6.07) is 24.5. The Labute approximate surface area is 234 Å². The molecular weight excluding hydrogens is 555 g/mol. The van der Waals surface area contributed by atoms with Crippen LogP contribution in [0.1, 0.15) is 16.0 Å². The van der Waals surface area contributed by atoms with Crippen LogP contribution in [0.4, 0.5) is 5.69 Å². The number of rotatable bonds is 10. The quantitative estimate of drug-likeness (QED) is 0.160. The molecule has 3 aromatic carbocycles. The van der Waals surface area contributed by atoms with Gasteiger partial charge in [-0.25, -0.2) is 12.6 Å². The van der Waals surface area contributed by atoms with Crippen LogP contribution in [0.3, 0.4) is 0 Å². The minimum absolute atomic E-state index is 0.0328. The Morgan fingerprint density at radius 1 is 1.00 bits per heavy atom.